The van der Waals surface area contributed by atoms with E-state index < -0.39 is 0 Å². The second-order valence-corrected chi connectivity index (χ2v) is 6.85. The van der Waals surface area contributed by atoms with Gasteiger partial charge in [-0.15, -0.1) is 0 Å². The van der Waals surface area contributed by atoms with Crippen LogP contribution in [0.15, 0.2) is 78.9 Å². The van der Waals surface area contributed by atoms with E-state index in [0.717, 1.165) is 7.11 Å². The van der Waals surface area contributed by atoms with E-state index in [1.807, 2.05) is 12.1 Å². The zero-order chi connectivity index (χ0) is 19.6. The Morgan fingerprint density at radius 3 is 1.87 bits per heavy atom. The molecule has 1 aliphatic rings. The van der Waals surface area contributed by atoms with Crippen LogP contribution >= 0.6 is 0 Å². The van der Waals surface area contributed by atoms with E-state index in [2.05, 4.69) is 99.6 Å². The molecule has 0 saturated heterocycles. The Hall–Kier alpha value is -1.35. The van der Waals surface area contributed by atoms with Crippen LogP contribution in [0.3, 0.4) is 0 Å². The van der Waals surface area contributed by atoms with E-state index in [-0.39, 0.29) is 52.4 Å². The molecular formula is C26H28Cl2OTi. The minimum absolute atomic E-state index is 0. The molecule has 0 bridgehead atoms. The second-order valence-electron chi connectivity index (χ2n) is 6.85. The summed E-state index contributed by atoms with van der Waals surface area (Å²) in [7, 11) is 1.00. The van der Waals surface area contributed by atoms with Gasteiger partial charge in [-0.3, -0.25) is 0 Å². The molecule has 1 aliphatic carbocycles. The van der Waals surface area contributed by atoms with Crippen LogP contribution in [0.2, 0.25) is 0 Å². The Morgan fingerprint density at radius 2 is 1.30 bits per heavy atom. The maximum atomic E-state index is 7.00. The third-order valence-corrected chi connectivity index (χ3v) is 4.08. The molecule has 1 N–H and O–H groups in total. The molecule has 1 unspecified atom stereocenters. The summed E-state index contributed by atoms with van der Waals surface area (Å²) in [6.45, 7) is 6.25. The quantitative estimate of drug-likeness (QED) is 0.421. The summed E-state index contributed by atoms with van der Waals surface area (Å²) in [6, 6.07) is 31.0. The molecule has 156 valence electrons. The van der Waals surface area contributed by atoms with Crippen LogP contribution in [0.4, 0.5) is 0 Å². The summed E-state index contributed by atoms with van der Waals surface area (Å²) in [4.78, 5) is 0. The number of allylic oxidation sites excluding steroid dienone is 1. The van der Waals surface area contributed by atoms with Crippen molar-refractivity contribution >= 4 is 11.6 Å². The molecule has 0 aliphatic heterocycles. The average Bonchev–Trinajstić information content (AvgIpc) is 3.10. The maximum absolute atomic E-state index is 7.00. The number of aliphatic hydroxyl groups is 1. The number of hydrogen-bond donors (Lipinski definition) is 1. The van der Waals surface area contributed by atoms with Gasteiger partial charge in [0, 0.05) is 13.0 Å². The summed E-state index contributed by atoms with van der Waals surface area (Å²) >= 11 is 0. The normalized spacial score (nSPS) is 12.9. The van der Waals surface area contributed by atoms with Crippen molar-refractivity contribution in [2.45, 2.75) is 26.7 Å². The van der Waals surface area contributed by atoms with Crippen LogP contribution < -0.4 is 24.8 Å². The van der Waals surface area contributed by atoms with Crippen molar-refractivity contribution in [1.82, 2.24) is 0 Å². The van der Waals surface area contributed by atoms with Gasteiger partial charge in [-0.2, -0.15) is 56.7 Å². The summed E-state index contributed by atoms with van der Waals surface area (Å²) in [5.74, 6) is 1.70. The van der Waals surface area contributed by atoms with Gasteiger partial charge < -0.3 is 35.8 Å². The SMILES string of the molecule is CO.C[C-](C)C.[Cl-].[Cl-].[Ti+4].[c-]1ccccc1C1C(c2ccccc2)=Cc2ccccc21. The summed E-state index contributed by atoms with van der Waals surface area (Å²) in [5, 5.41) is 7.00. The van der Waals surface area contributed by atoms with Crippen molar-refractivity contribution in [3.63, 3.8) is 0 Å². The number of hydrogen-bond acceptors (Lipinski definition) is 1. The zero-order valence-electron chi connectivity index (χ0n) is 17.9. The Kier molecular flexibility index (Phi) is 16.8. The first-order valence-electron chi connectivity index (χ1n) is 9.21. The van der Waals surface area contributed by atoms with Gasteiger partial charge in [0.05, 0.1) is 0 Å². The fourth-order valence-corrected chi connectivity index (χ4v) is 3.13. The van der Waals surface area contributed by atoms with Gasteiger partial charge in [0.25, 0.3) is 0 Å². The van der Waals surface area contributed by atoms with Crippen molar-refractivity contribution in [3.8, 4) is 0 Å². The molecule has 0 fully saturated rings. The number of halogens is 2. The first kappa shape index (κ1) is 30.8. The van der Waals surface area contributed by atoms with Crippen LogP contribution in [-0.4, -0.2) is 12.2 Å². The smallest absolute Gasteiger partial charge is 1.00 e. The topological polar surface area (TPSA) is 20.2 Å². The van der Waals surface area contributed by atoms with Crippen molar-refractivity contribution in [1.29, 1.82) is 0 Å². The molecule has 0 radical (unpaired) electrons. The van der Waals surface area contributed by atoms with E-state index in [0.29, 0.717) is 0 Å². The molecule has 0 saturated carbocycles. The first-order valence-corrected chi connectivity index (χ1v) is 9.21. The molecule has 0 spiro atoms. The van der Waals surface area contributed by atoms with Gasteiger partial charge in [-0.25, -0.2) is 0 Å². The molecule has 4 rings (SSSR count). The Bertz CT molecular complexity index is 846. The van der Waals surface area contributed by atoms with E-state index in [1.54, 1.807) is 0 Å². The Balaban J connectivity index is 0. The third kappa shape index (κ3) is 8.42. The Labute approximate surface area is 209 Å². The van der Waals surface area contributed by atoms with Crippen LogP contribution in [0.25, 0.3) is 11.6 Å². The van der Waals surface area contributed by atoms with Gasteiger partial charge in [0.15, 0.2) is 0 Å². The minimum atomic E-state index is 0. The molecule has 30 heavy (non-hydrogen) atoms. The van der Waals surface area contributed by atoms with E-state index >= 15 is 0 Å². The van der Waals surface area contributed by atoms with Crippen LogP contribution in [-0.2, 0) is 21.7 Å². The van der Waals surface area contributed by atoms with Crippen molar-refractivity contribution in [2.24, 2.45) is 0 Å². The minimum Gasteiger partial charge on any atom is -1.00 e. The predicted molar refractivity (Wildman–Crippen MR) is 116 cm³/mol. The maximum Gasteiger partial charge on any atom is 4.00 e. The largest absolute Gasteiger partial charge is 4.00 e. The zero-order valence-corrected chi connectivity index (χ0v) is 20.9. The van der Waals surface area contributed by atoms with Crippen molar-refractivity contribution in [3.05, 3.63) is 113 Å². The Morgan fingerprint density at radius 1 is 0.767 bits per heavy atom. The summed E-state index contributed by atoms with van der Waals surface area (Å²) < 4.78 is 0. The molecule has 1 atom stereocenters. The van der Waals surface area contributed by atoms with Crippen molar-refractivity contribution < 1.29 is 51.6 Å². The van der Waals surface area contributed by atoms with Crippen LogP contribution in [0.5, 0.6) is 0 Å². The monoisotopic (exact) mass is 474 g/mol. The van der Waals surface area contributed by atoms with Gasteiger partial charge in [-0.05, 0) is 28.3 Å². The van der Waals surface area contributed by atoms with Gasteiger partial charge in [0.2, 0.25) is 0 Å². The number of aliphatic hydroxyl groups excluding tert-OH is 1. The molecule has 0 amide bonds. The third-order valence-electron chi connectivity index (χ3n) is 4.08. The predicted octanol–water partition coefficient (Wildman–Crippen LogP) is 0.407. The van der Waals surface area contributed by atoms with Crippen molar-refractivity contribution in [2.75, 3.05) is 7.11 Å². The molecular weight excluding hydrogens is 447 g/mol. The van der Waals surface area contributed by atoms with Crippen LogP contribution in [0.1, 0.15) is 48.9 Å². The molecule has 1 nitrogen and oxygen atoms in total. The average molecular weight is 475 g/mol. The molecule has 0 heterocycles. The standard InChI is InChI=1S/C21H15.C4H9.CH4O.2ClH.Ti/c1-3-9-16(10-4-1)20-15-18-13-7-8-14-19(18)21(20)17-11-5-2-6-12-17;1-4(2)3;1-2;;;/h1-11,13-15,21H;1-3H3;2H,1H3;2*1H;/q2*-1;;;;+4/p-2. The molecule has 4 heteroatoms. The second kappa shape index (κ2) is 16.4. The molecule has 3 aromatic rings. The first-order chi connectivity index (χ1) is 13.2. The van der Waals surface area contributed by atoms with E-state index in [9.17, 15) is 0 Å². The van der Waals surface area contributed by atoms with Gasteiger partial charge >= 0.3 is 21.7 Å². The van der Waals surface area contributed by atoms with Gasteiger partial charge in [0.1, 0.15) is 0 Å². The number of rotatable bonds is 2. The fraction of sp³-hybridized carbons (Fsp3) is 0.192. The molecule has 3 aromatic carbocycles. The molecule has 0 aromatic heterocycles. The van der Waals surface area contributed by atoms with E-state index in [4.69, 9.17) is 5.11 Å². The number of benzene rings is 3. The van der Waals surface area contributed by atoms with E-state index in [1.165, 1.54) is 33.7 Å². The van der Waals surface area contributed by atoms with Gasteiger partial charge in [-0.1, -0.05) is 54.6 Å². The van der Waals surface area contributed by atoms with Crippen LogP contribution in [0, 0.1) is 12.0 Å². The summed E-state index contributed by atoms with van der Waals surface area (Å²) in [5.41, 5.74) is 6.57. The number of fused-ring (bicyclic) bond motifs is 1. The summed E-state index contributed by atoms with van der Waals surface area (Å²) in [6.07, 6.45) is 2.32. The fourth-order valence-electron chi connectivity index (χ4n) is 3.13.